The summed E-state index contributed by atoms with van der Waals surface area (Å²) in [7, 11) is 1.63. The summed E-state index contributed by atoms with van der Waals surface area (Å²) in [4.78, 5) is 12.7. The predicted molar refractivity (Wildman–Crippen MR) is 122 cm³/mol. The zero-order valence-electron chi connectivity index (χ0n) is 17.7. The van der Waals surface area contributed by atoms with Gasteiger partial charge in [0.25, 0.3) is 0 Å². The third-order valence-electron chi connectivity index (χ3n) is 5.12. The Kier molecular flexibility index (Phi) is 7.46. The first-order chi connectivity index (χ1) is 14.6. The van der Waals surface area contributed by atoms with Crippen molar-refractivity contribution in [3.05, 3.63) is 72.3 Å². The van der Waals surface area contributed by atoms with Crippen LogP contribution in [0, 0.1) is 0 Å². The number of ether oxygens (including phenoxy) is 1. The molecule has 5 nitrogen and oxygen atoms in total. The van der Waals surface area contributed by atoms with Crippen LogP contribution in [-0.4, -0.2) is 33.4 Å². The molecule has 0 aliphatic rings. The number of hydrogen-bond acceptors (Lipinski definition) is 5. The molecule has 6 heteroatoms. The Morgan fingerprint density at radius 2 is 1.93 bits per heavy atom. The Morgan fingerprint density at radius 3 is 2.60 bits per heavy atom. The lowest BCUT2D eigenvalue weighted by Crippen LogP contribution is -2.06. The number of ketones is 1. The van der Waals surface area contributed by atoms with E-state index in [1.54, 1.807) is 13.2 Å². The first-order valence-corrected chi connectivity index (χ1v) is 11.0. The van der Waals surface area contributed by atoms with Crippen molar-refractivity contribution in [1.82, 2.24) is 14.8 Å². The van der Waals surface area contributed by atoms with Crippen LogP contribution in [0.1, 0.15) is 42.1 Å². The van der Waals surface area contributed by atoms with Crippen molar-refractivity contribution >= 4 is 17.5 Å². The summed E-state index contributed by atoms with van der Waals surface area (Å²) >= 11 is 1.39. The largest absolute Gasteiger partial charge is 0.496 e. The molecule has 3 aromatic rings. The Balaban J connectivity index is 1.77. The number of hydrogen-bond donors (Lipinski definition) is 0. The van der Waals surface area contributed by atoms with Crippen LogP contribution < -0.4 is 4.74 Å². The molecular weight excluding hydrogens is 394 g/mol. The highest BCUT2D eigenvalue weighted by Gasteiger charge is 2.18. The van der Waals surface area contributed by atoms with Gasteiger partial charge in [-0.15, -0.1) is 16.8 Å². The van der Waals surface area contributed by atoms with Gasteiger partial charge in [0, 0.05) is 12.1 Å². The van der Waals surface area contributed by atoms with E-state index in [9.17, 15) is 4.79 Å². The average molecular weight is 422 g/mol. The standard InChI is InChI=1S/C24H27N3O2S/c1-5-15-27-23(20-9-7-8-10-22(20)29-4)25-26-24(27)30-16-21(28)19-13-11-18(12-14-19)17(3)6-2/h5,7-14,17H,1,6,15-16H2,2-4H3/t17-/m1/s1. The molecule has 0 radical (unpaired) electrons. The summed E-state index contributed by atoms with van der Waals surface area (Å²) in [5, 5.41) is 9.36. The van der Waals surface area contributed by atoms with Gasteiger partial charge in [0.1, 0.15) is 5.75 Å². The van der Waals surface area contributed by atoms with Crippen LogP contribution in [0.25, 0.3) is 11.4 Å². The number of aromatic nitrogens is 3. The molecule has 0 spiro atoms. The smallest absolute Gasteiger partial charge is 0.192 e. The molecule has 1 heterocycles. The predicted octanol–water partition coefficient (Wildman–Crippen LogP) is 5.63. The molecule has 0 fully saturated rings. The number of methoxy groups -OCH3 is 1. The minimum Gasteiger partial charge on any atom is -0.496 e. The summed E-state index contributed by atoms with van der Waals surface area (Å²) < 4.78 is 7.42. The third-order valence-corrected chi connectivity index (χ3v) is 6.09. The number of nitrogens with zero attached hydrogens (tertiary/aromatic N) is 3. The molecule has 0 N–H and O–H groups in total. The van der Waals surface area contributed by atoms with Gasteiger partial charge in [-0.3, -0.25) is 9.36 Å². The highest BCUT2D eigenvalue weighted by molar-refractivity contribution is 7.99. The van der Waals surface area contributed by atoms with Gasteiger partial charge >= 0.3 is 0 Å². The van der Waals surface area contributed by atoms with Crippen molar-refractivity contribution in [1.29, 1.82) is 0 Å². The maximum atomic E-state index is 12.7. The average Bonchev–Trinajstić information content (AvgIpc) is 3.19. The quantitative estimate of drug-likeness (QED) is 0.241. The fourth-order valence-electron chi connectivity index (χ4n) is 3.16. The van der Waals surface area contributed by atoms with Crippen LogP contribution in [0.4, 0.5) is 0 Å². The number of carbonyl (C=O) groups is 1. The van der Waals surface area contributed by atoms with Crippen LogP contribution in [-0.2, 0) is 6.54 Å². The second kappa shape index (κ2) is 10.3. The topological polar surface area (TPSA) is 57.0 Å². The fraction of sp³-hybridized carbons (Fsp3) is 0.292. The number of rotatable bonds is 10. The van der Waals surface area contributed by atoms with Crippen molar-refractivity contribution in [3.8, 4) is 17.1 Å². The number of benzene rings is 2. The molecule has 0 unspecified atom stereocenters. The van der Waals surface area contributed by atoms with Crippen molar-refractivity contribution in [2.24, 2.45) is 0 Å². The SMILES string of the molecule is C=CCn1c(SCC(=O)c2ccc([C@H](C)CC)cc2)nnc1-c1ccccc1OC. The zero-order chi connectivity index (χ0) is 21.5. The molecule has 1 atom stereocenters. The molecule has 0 saturated heterocycles. The van der Waals surface area contributed by atoms with Gasteiger partial charge < -0.3 is 4.74 Å². The van der Waals surface area contributed by atoms with E-state index in [1.807, 2.05) is 53.1 Å². The molecule has 1 aromatic heterocycles. The Hall–Kier alpha value is -2.86. The second-order valence-corrected chi connectivity index (χ2v) is 7.99. The number of thioether (sulfide) groups is 1. The van der Waals surface area contributed by atoms with Crippen LogP contribution >= 0.6 is 11.8 Å². The van der Waals surface area contributed by atoms with Crippen molar-refractivity contribution in [2.45, 2.75) is 37.9 Å². The van der Waals surface area contributed by atoms with Crippen molar-refractivity contribution in [2.75, 3.05) is 12.9 Å². The number of carbonyl (C=O) groups excluding carboxylic acids is 1. The van der Waals surface area contributed by atoms with E-state index in [2.05, 4.69) is 30.6 Å². The van der Waals surface area contributed by atoms with E-state index in [1.165, 1.54) is 17.3 Å². The monoisotopic (exact) mass is 421 g/mol. The maximum Gasteiger partial charge on any atom is 0.192 e. The normalized spacial score (nSPS) is 11.8. The minimum atomic E-state index is 0.0719. The van der Waals surface area contributed by atoms with E-state index in [-0.39, 0.29) is 5.78 Å². The summed E-state index contributed by atoms with van der Waals surface area (Å²) in [6.07, 6.45) is 2.87. The van der Waals surface area contributed by atoms with Gasteiger partial charge in [-0.05, 0) is 30.0 Å². The fourth-order valence-corrected chi connectivity index (χ4v) is 4.01. The van der Waals surface area contributed by atoms with E-state index in [0.717, 1.165) is 17.7 Å². The van der Waals surface area contributed by atoms with Gasteiger partial charge in [0.05, 0.1) is 18.4 Å². The summed E-state index contributed by atoms with van der Waals surface area (Å²) in [5.74, 6) is 2.28. The lowest BCUT2D eigenvalue weighted by molar-refractivity contribution is 0.102. The highest BCUT2D eigenvalue weighted by atomic mass is 32.2. The molecule has 3 rings (SSSR count). The van der Waals surface area contributed by atoms with E-state index >= 15 is 0 Å². The van der Waals surface area contributed by atoms with Gasteiger partial charge in [0.15, 0.2) is 16.8 Å². The minimum absolute atomic E-state index is 0.0719. The molecular formula is C24H27N3O2S. The van der Waals surface area contributed by atoms with Crippen LogP contribution in [0.5, 0.6) is 5.75 Å². The Bertz CT molecular complexity index is 1010. The number of para-hydroxylation sites is 1. The van der Waals surface area contributed by atoms with Gasteiger partial charge in [-0.1, -0.05) is 68.1 Å². The third kappa shape index (κ3) is 4.82. The molecule has 0 aliphatic carbocycles. The summed E-state index contributed by atoms with van der Waals surface area (Å²) in [6.45, 7) is 8.74. The van der Waals surface area contributed by atoms with Gasteiger partial charge in [0.2, 0.25) is 0 Å². The lowest BCUT2D eigenvalue weighted by atomic mass is 9.97. The van der Waals surface area contributed by atoms with E-state index in [4.69, 9.17) is 4.74 Å². The molecule has 156 valence electrons. The van der Waals surface area contributed by atoms with Crippen molar-refractivity contribution < 1.29 is 9.53 Å². The van der Waals surface area contributed by atoms with Crippen LogP contribution in [0.3, 0.4) is 0 Å². The first-order valence-electron chi connectivity index (χ1n) is 10.0. The van der Waals surface area contributed by atoms with Crippen LogP contribution in [0.2, 0.25) is 0 Å². The molecule has 0 aliphatic heterocycles. The second-order valence-electron chi connectivity index (χ2n) is 7.05. The number of allylic oxidation sites excluding steroid dienone is 1. The van der Waals surface area contributed by atoms with Crippen molar-refractivity contribution in [3.63, 3.8) is 0 Å². The van der Waals surface area contributed by atoms with E-state index < -0.39 is 0 Å². The first kappa shape index (κ1) is 21.8. The number of Topliss-reactive ketones (excluding diaryl/α,β-unsaturated/α-hetero) is 1. The molecule has 30 heavy (non-hydrogen) atoms. The van der Waals surface area contributed by atoms with Gasteiger partial charge in [-0.2, -0.15) is 0 Å². The highest BCUT2D eigenvalue weighted by Crippen LogP contribution is 2.31. The van der Waals surface area contributed by atoms with Gasteiger partial charge in [-0.25, -0.2) is 0 Å². The maximum absolute atomic E-state index is 12.7. The Labute approximate surface area is 182 Å². The van der Waals surface area contributed by atoms with Crippen LogP contribution in [0.15, 0.2) is 66.3 Å². The molecule has 0 bridgehead atoms. The molecule has 0 amide bonds. The molecule has 0 saturated carbocycles. The summed E-state index contributed by atoms with van der Waals surface area (Å²) in [5.41, 5.74) is 2.83. The van der Waals surface area contributed by atoms with E-state index in [0.29, 0.717) is 34.8 Å². The Morgan fingerprint density at radius 1 is 1.20 bits per heavy atom. The summed E-state index contributed by atoms with van der Waals surface area (Å²) in [6, 6.07) is 15.6. The molecule has 2 aromatic carbocycles. The zero-order valence-corrected chi connectivity index (χ0v) is 18.5. The lowest BCUT2D eigenvalue weighted by Gasteiger charge is -2.11.